The summed E-state index contributed by atoms with van der Waals surface area (Å²) in [4.78, 5) is 0. The number of hydrogen-bond acceptors (Lipinski definition) is 3. The van der Waals surface area contributed by atoms with E-state index in [2.05, 4.69) is 5.10 Å². The van der Waals surface area contributed by atoms with Crippen LogP contribution in [0.5, 0.6) is 0 Å². The summed E-state index contributed by atoms with van der Waals surface area (Å²) in [5.41, 5.74) is 6.90. The first-order chi connectivity index (χ1) is 6.50. The third kappa shape index (κ3) is 2.82. The third-order valence-electron chi connectivity index (χ3n) is 1.95. The molecule has 0 amide bonds. The Hall–Kier alpha value is -0.870. The van der Waals surface area contributed by atoms with Crippen molar-refractivity contribution >= 4 is 0 Å². The Morgan fingerprint density at radius 2 is 2.07 bits per heavy atom. The van der Waals surface area contributed by atoms with E-state index in [-0.39, 0.29) is 18.2 Å². The largest absolute Gasteiger partial charge is 0.369 e. The fourth-order valence-corrected chi connectivity index (χ4v) is 1.39. The number of nitrogens with two attached hydrogens (primary N) is 1. The summed E-state index contributed by atoms with van der Waals surface area (Å²) in [5.74, 6) is 0. The van der Waals surface area contributed by atoms with Crippen LogP contribution in [0.3, 0.4) is 0 Å². The molecule has 1 heterocycles. The molecule has 0 aliphatic rings. The van der Waals surface area contributed by atoms with E-state index < -0.39 is 0 Å². The summed E-state index contributed by atoms with van der Waals surface area (Å²) >= 11 is 0. The number of rotatable bonds is 4. The number of nitrogens with zero attached hydrogens (tertiary/aromatic N) is 2. The summed E-state index contributed by atoms with van der Waals surface area (Å²) in [6.07, 6.45) is 3.85. The molecule has 0 bridgehead atoms. The lowest BCUT2D eigenvalue weighted by Gasteiger charge is -2.22. The maximum atomic E-state index is 5.86. The first-order valence-electron chi connectivity index (χ1n) is 4.90. The molecule has 2 atom stereocenters. The molecule has 0 radical (unpaired) electrons. The Morgan fingerprint density at radius 3 is 2.43 bits per heavy atom. The standard InChI is InChI=1S/C10H19N3O/c1-7(2)14-10(8(3)11)9-5-12-13(4)6-9/h5-8,10H,11H2,1-4H3. The molecule has 0 spiro atoms. The van der Waals surface area contributed by atoms with Gasteiger partial charge in [0.25, 0.3) is 0 Å². The van der Waals surface area contributed by atoms with Gasteiger partial charge in [-0.15, -0.1) is 0 Å². The highest BCUT2D eigenvalue weighted by Gasteiger charge is 2.19. The SMILES string of the molecule is CC(C)OC(c1cnn(C)c1)C(C)N. The second-order valence-electron chi connectivity index (χ2n) is 3.91. The van der Waals surface area contributed by atoms with Gasteiger partial charge in [0.15, 0.2) is 0 Å². The summed E-state index contributed by atoms with van der Waals surface area (Å²) in [6.45, 7) is 5.96. The van der Waals surface area contributed by atoms with Crippen molar-refractivity contribution in [1.82, 2.24) is 9.78 Å². The quantitative estimate of drug-likeness (QED) is 0.790. The lowest BCUT2D eigenvalue weighted by atomic mass is 10.1. The third-order valence-corrected chi connectivity index (χ3v) is 1.95. The van der Waals surface area contributed by atoms with Crippen LogP contribution in [0.1, 0.15) is 32.4 Å². The fourth-order valence-electron chi connectivity index (χ4n) is 1.39. The molecule has 0 aliphatic carbocycles. The van der Waals surface area contributed by atoms with Crippen LogP contribution in [0.2, 0.25) is 0 Å². The Balaban J connectivity index is 2.77. The zero-order valence-corrected chi connectivity index (χ0v) is 9.27. The molecular weight excluding hydrogens is 178 g/mol. The Kier molecular flexibility index (Phi) is 3.66. The van der Waals surface area contributed by atoms with Gasteiger partial charge in [0.1, 0.15) is 6.10 Å². The van der Waals surface area contributed by atoms with Gasteiger partial charge in [-0.1, -0.05) is 0 Å². The smallest absolute Gasteiger partial charge is 0.101 e. The maximum absolute atomic E-state index is 5.86. The van der Waals surface area contributed by atoms with Crippen LogP contribution >= 0.6 is 0 Å². The van der Waals surface area contributed by atoms with Gasteiger partial charge >= 0.3 is 0 Å². The molecule has 80 valence electrons. The van der Waals surface area contributed by atoms with Crippen LogP contribution in [-0.2, 0) is 11.8 Å². The number of aromatic nitrogens is 2. The van der Waals surface area contributed by atoms with E-state index in [0.29, 0.717) is 0 Å². The van der Waals surface area contributed by atoms with E-state index in [1.54, 1.807) is 10.9 Å². The van der Waals surface area contributed by atoms with Crippen molar-refractivity contribution in [3.05, 3.63) is 18.0 Å². The molecule has 0 saturated heterocycles. The van der Waals surface area contributed by atoms with Crippen LogP contribution < -0.4 is 5.73 Å². The minimum absolute atomic E-state index is 0.0263. The van der Waals surface area contributed by atoms with Gasteiger partial charge in [-0.3, -0.25) is 4.68 Å². The predicted octanol–water partition coefficient (Wildman–Crippen LogP) is 1.23. The molecule has 0 saturated carbocycles. The van der Waals surface area contributed by atoms with E-state index in [0.717, 1.165) is 5.56 Å². The molecule has 1 rings (SSSR count). The van der Waals surface area contributed by atoms with Gasteiger partial charge in [-0.25, -0.2) is 0 Å². The predicted molar refractivity (Wildman–Crippen MR) is 55.8 cm³/mol. The summed E-state index contributed by atoms with van der Waals surface area (Å²) in [7, 11) is 1.89. The van der Waals surface area contributed by atoms with Crippen molar-refractivity contribution in [2.75, 3.05) is 0 Å². The van der Waals surface area contributed by atoms with Crippen molar-refractivity contribution in [3.63, 3.8) is 0 Å². The Morgan fingerprint density at radius 1 is 1.43 bits per heavy atom. The van der Waals surface area contributed by atoms with Gasteiger partial charge in [-0.05, 0) is 20.8 Å². The van der Waals surface area contributed by atoms with Crippen molar-refractivity contribution in [2.45, 2.75) is 39.0 Å². The average Bonchev–Trinajstić information content (AvgIpc) is 2.46. The fraction of sp³-hybridized carbons (Fsp3) is 0.700. The lowest BCUT2D eigenvalue weighted by molar-refractivity contribution is -0.00515. The number of aryl methyl sites for hydroxylation is 1. The van der Waals surface area contributed by atoms with Crippen LogP contribution in [0.4, 0.5) is 0 Å². The minimum atomic E-state index is -0.0660. The molecule has 14 heavy (non-hydrogen) atoms. The topological polar surface area (TPSA) is 53.1 Å². The number of hydrogen-bond donors (Lipinski definition) is 1. The van der Waals surface area contributed by atoms with Crippen molar-refractivity contribution in [3.8, 4) is 0 Å². The van der Waals surface area contributed by atoms with E-state index in [1.807, 2.05) is 34.0 Å². The number of ether oxygens (including phenoxy) is 1. The highest BCUT2D eigenvalue weighted by atomic mass is 16.5. The zero-order chi connectivity index (χ0) is 10.7. The van der Waals surface area contributed by atoms with Gasteiger partial charge in [0.2, 0.25) is 0 Å². The molecule has 0 aliphatic heterocycles. The lowest BCUT2D eigenvalue weighted by Crippen LogP contribution is -2.28. The van der Waals surface area contributed by atoms with Crippen LogP contribution in [0.15, 0.2) is 12.4 Å². The second-order valence-corrected chi connectivity index (χ2v) is 3.91. The normalized spacial score (nSPS) is 15.9. The Bertz CT molecular complexity index is 281. The van der Waals surface area contributed by atoms with E-state index in [9.17, 15) is 0 Å². The van der Waals surface area contributed by atoms with Crippen LogP contribution in [0, 0.1) is 0 Å². The molecule has 4 heteroatoms. The van der Waals surface area contributed by atoms with Crippen molar-refractivity contribution in [2.24, 2.45) is 12.8 Å². The minimum Gasteiger partial charge on any atom is -0.369 e. The first-order valence-corrected chi connectivity index (χ1v) is 4.90. The van der Waals surface area contributed by atoms with Gasteiger partial charge in [0, 0.05) is 24.8 Å². The molecule has 2 unspecified atom stereocenters. The maximum Gasteiger partial charge on any atom is 0.101 e. The van der Waals surface area contributed by atoms with Crippen molar-refractivity contribution < 1.29 is 4.74 Å². The first kappa shape index (κ1) is 11.2. The molecule has 2 N–H and O–H groups in total. The molecule has 1 aromatic heterocycles. The molecule has 0 aromatic carbocycles. The van der Waals surface area contributed by atoms with Gasteiger partial charge in [-0.2, -0.15) is 5.10 Å². The van der Waals surface area contributed by atoms with Gasteiger partial charge in [0.05, 0.1) is 12.3 Å². The second kappa shape index (κ2) is 4.57. The highest BCUT2D eigenvalue weighted by molar-refractivity contribution is 5.10. The van der Waals surface area contributed by atoms with Gasteiger partial charge < -0.3 is 10.5 Å². The molecule has 4 nitrogen and oxygen atoms in total. The molecule has 0 fully saturated rings. The summed E-state index contributed by atoms with van der Waals surface area (Å²) in [6, 6.07) is -0.0263. The van der Waals surface area contributed by atoms with E-state index in [4.69, 9.17) is 10.5 Å². The summed E-state index contributed by atoms with van der Waals surface area (Å²) in [5, 5.41) is 4.11. The monoisotopic (exact) mass is 197 g/mol. The average molecular weight is 197 g/mol. The molecule has 1 aromatic rings. The summed E-state index contributed by atoms with van der Waals surface area (Å²) < 4.78 is 7.49. The zero-order valence-electron chi connectivity index (χ0n) is 9.27. The van der Waals surface area contributed by atoms with Crippen molar-refractivity contribution in [1.29, 1.82) is 0 Å². The van der Waals surface area contributed by atoms with E-state index in [1.165, 1.54) is 0 Å². The Labute approximate surface area is 85.0 Å². The molecular formula is C10H19N3O. The highest BCUT2D eigenvalue weighted by Crippen LogP contribution is 2.21. The van der Waals surface area contributed by atoms with E-state index >= 15 is 0 Å². The van der Waals surface area contributed by atoms with Crippen LogP contribution in [0.25, 0.3) is 0 Å². The van der Waals surface area contributed by atoms with Crippen LogP contribution in [-0.4, -0.2) is 21.9 Å².